The van der Waals surface area contributed by atoms with E-state index in [0.29, 0.717) is 28.6 Å². The van der Waals surface area contributed by atoms with Gasteiger partial charge in [-0.1, -0.05) is 18.2 Å². The van der Waals surface area contributed by atoms with Gasteiger partial charge in [0.05, 0.1) is 28.8 Å². The zero-order valence-corrected chi connectivity index (χ0v) is 16.1. The summed E-state index contributed by atoms with van der Waals surface area (Å²) < 4.78 is 34.1. The van der Waals surface area contributed by atoms with E-state index in [2.05, 4.69) is 15.6 Å². The number of halogens is 2. The van der Waals surface area contributed by atoms with Gasteiger partial charge in [-0.05, 0) is 67.6 Å². The number of nitrogens with zero attached hydrogens (tertiary/aromatic N) is 3. The second-order valence-electron chi connectivity index (χ2n) is 6.48. The number of nitrogens with one attached hydrogen (secondary N) is 1. The van der Waals surface area contributed by atoms with E-state index in [0.717, 1.165) is 5.69 Å². The molecular weight excluding hydrogens is 386 g/mol. The van der Waals surface area contributed by atoms with E-state index < -0.39 is 0 Å². The molecule has 0 spiro atoms. The quantitative estimate of drug-likeness (QED) is 0.331. The zero-order valence-electron chi connectivity index (χ0n) is 16.1. The molecule has 30 heavy (non-hydrogen) atoms. The normalized spacial score (nSPS) is 11.0. The Bertz CT molecular complexity index is 1150. The van der Waals surface area contributed by atoms with Gasteiger partial charge in [-0.25, -0.2) is 8.78 Å². The fraction of sp³-hybridized carbons (Fsp3) is 0.0435. The molecule has 0 aliphatic carbocycles. The molecule has 0 aliphatic rings. The van der Waals surface area contributed by atoms with Crippen LogP contribution in [0.2, 0.25) is 0 Å². The average Bonchev–Trinajstić information content (AvgIpc) is 3.07. The van der Waals surface area contributed by atoms with Crippen molar-refractivity contribution in [1.29, 1.82) is 0 Å². The van der Waals surface area contributed by atoms with Gasteiger partial charge in [0.25, 0.3) is 0 Å². The summed E-state index contributed by atoms with van der Waals surface area (Å²) in [5, 5.41) is 8.82. The lowest BCUT2D eigenvalue weighted by Crippen LogP contribution is -2.01. The smallest absolute Gasteiger partial charge is 0.231 e. The van der Waals surface area contributed by atoms with Crippen molar-refractivity contribution in [3.63, 3.8) is 0 Å². The second-order valence-corrected chi connectivity index (χ2v) is 6.48. The molecule has 0 fully saturated rings. The molecular formula is C23H18F2N4O. The fourth-order valence-corrected chi connectivity index (χ4v) is 2.82. The molecule has 4 rings (SSSR count). The molecule has 0 saturated carbocycles. The predicted molar refractivity (Wildman–Crippen MR) is 112 cm³/mol. The van der Waals surface area contributed by atoms with E-state index in [1.54, 1.807) is 35.2 Å². The van der Waals surface area contributed by atoms with Crippen LogP contribution in [0.1, 0.15) is 11.3 Å². The molecule has 0 bridgehead atoms. The number of ether oxygens (including phenoxy) is 1. The summed E-state index contributed by atoms with van der Waals surface area (Å²) in [5.41, 5.74) is 5.65. The molecule has 1 aromatic heterocycles. The Morgan fingerprint density at radius 2 is 1.53 bits per heavy atom. The molecule has 0 atom stereocenters. The van der Waals surface area contributed by atoms with Gasteiger partial charge in [-0.15, -0.1) is 0 Å². The Hall–Kier alpha value is -4.00. The topological polar surface area (TPSA) is 51.4 Å². The molecule has 0 aliphatic heterocycles. The summed E-state index contributed by atoms with van der Waals surface area (Å²) in [6.07, 6.45) is 1.59. The maximum Gasteiger partial charge on any atom is 0.231 e. The van der Waals surface area contributed by atoms with Crippen molar-refractivity contribution in [3.05, 3.63) is 102 Å². The first-order valence-electron chi connectivity index (χ1n) is 9.23. The minimum Gasteiger partial charge on any atom is -0.438 e. The van der Waals surface area contributed by atoms with Crippen LogP contribution in [0.25, 0.3) is 5.69 Å². The van der Waals surface area contributed by atoms with Crippen molar-refractivity contribution in [1.82, 2.24) is 9.78 Å². The minimum absolute atomic E-state index is 0.320. The number of hydrogen-bond acceptors (Lipinski definition) is 4. The van der Waals surface area contributed by atoms with E-state index in [9.17, 15) is 8.78 Å². The fourth-order valence-electron chi connectivity index (χ4n) is 2.82. The van der Waals surface area contributed by atoms with Gasteiger partial charge >= 0.3 is 0 Å². The number of benzene rings is 3. The van der Waals surface area contributed by atoms with Crippen LogP contribution in [0, 0.1) is 18.6 Å². The van der Waals surface area contributed by atoms with Crippen LogP contribution in [0.5, 0.6) is 11.6 Å². The first-order valence-corrected chi connectivity index (χ1v) is 9.23. The number of para-hydroxylation sites is 1. The van der Waals surface area contributed by atoms with Gasteiger partial charge in [0.1, 0.15) is 17.4 Å². The van der Waals surface area contributed by atoms with E-state index in [-0.39, 0.29) is 11.6 Å². The average molecular weight is 404 g/mol. The molecule has 0 amide bonds. The molecule has 0 unspecified atom stereocenters. The molecule has 0 saturated heterocycles. The third-order valence-electron chi connectivity index (χ3n) is 4.32. The van der Waals surface area contributed by atoms with E-state index in [4.69, 9.17) is 4.74 Å². The van der Waals surface area contributed by atoms with Crippen LogP contribution in [0.15, 0.2) is 84.0 Å². The van der Waals surface area contributed by atoms with Crippen molar-refractivity contribution in [2.45, 2.75) is 6.92 Å². The maximum atomic E-state index is 13.3. The van der Waals surface area contributed by atoms with Crippen LogP contribution in [-0.4, -0.2) is 16.0 Å². The molecule has 0 radical (unpaired) electrons. The molecule has 1 heterocycles. The van der Waals surface area contributed by atoms with Gasteiger partial charge < -0.3 is 4.74 Å². The van der Waals surface area contributed by atoms with Crippen molar-refractivity contribution >= 4 is 11.9 Å². The molecule has 150 valence electrons. The summed E-state index contributed by atoms with van der Waals surface area (Å²) >= 11 is 0. The summed E-state index contributed by atoms with van der Waals surface area (Å²) in [4.78, 5) is 0. The van der Waals surface area contributed by atoms with Crippen LogP contribution < -0.4 is 10.2 Å². The second kappa shape index (κ2) is 8.57. The third kappa shape index (κ3) is 4.35. The Balaban J connectivity index is 1.69. The summed E-state index contributed by atoms with van der Waals surface area (Å²) in [6.45, 7) is 1.84. The predicted octanol–water partition coefficient (Wildman–Crippen LogP) is 5.70. The van der Waals surface area contributed by atoms with Crippen LogP contribution >= 0.6 is 0 Å². The Morgan fingerprint density at radius 1 is 0.900 bits per heavy atom. The highest BCUT2D eigenvalue weighted by molar-refractivity contribution is 5.85. The molecule has 7 heteroatoms. The lowest BCUT2D eigenvalue weighted by atomic mass is 10.2. The SMILES string of the molecule is Cc1nn(-c2ccccc2)c(Oc2ccc(F)cc2)c1/C=N\Nc1ccc(F)cc1. The van der Waals surface area contributed by atoms with Gasteiger partial charge in [0, 0.05) is 0 Å². The maximum absolute atomic E-state index is 13.3. The zero-order chi connectivity index (χ0) is 20.9. The van der Waals surface area contributed by atoms with Gasteiger partial charge in [-0.3, -0.25) is 5.43 Å². The highest BCUT2D eigenvalue weighted by atomic mass is 19.1. The van der Waals surface area contributed by atoms with Gasteiger partial charge in [0.2, 0.25) is 5.88 Å². The standard InChI is InChI=1S/C23H18F2N4O/c1-16-22(15-26-27-19-11-7-17(24)8-12-19)23(30-21-13-9-18(25)10-14-21)29(28-16)20-5-3-2-4-6-20/h2-15,27H,1H3/b26-15-. The Kier molecular flexibility index (Phi) is 5.52. The van der Waals surface area contributed by atoms with Gasteiger partial charge in [-0.2, -0.15) is 14.9 Å². The summed E-state index contributed by atoms with van der Waals surface area (Å²) in [7, 11) is 0. The highest BCUT2D eigenvalue weighted by Crippen LogP contribution is 2.29. The monoisotopic (exact) mass is 404 g/mol. The summed E-state index contributed by atoms with van der Waals surface area (Å²) in [6, 6.07) is 21.1. The largest absolute Gasteiger partial charge is 0.438 e. The van der Waals surface area contributed by atoms with Crippen molar-refractivity contribution in [2.75, 3.05) is 5.43 Å². The van der Waals surface area contributed by atoms with Crippen molar-refractivity contribution in [3.8, 4) is 17.3 Å². The lowest BCUT2D eigenvalue weighted by molar-refractivity contribution is 0.442. The number of anilines is 1. The first kappa shape index (κ1) is 19.3. The van der Waals surface area contributed by atoms with Crippen molar-refractivity contribution in [2.24, 2.45) is 5.10 Å². The van der Waals surface area contributed by atoms with E-state index in [1.165, 1.54) is 24.3 Å². The van der Waals surface area contributed by atoms with Crippen molar-refractivity contribution < 1.29 is 13.5 Å². The summed E-state index contributed by atoms with van der Waals surface area (Å²) in [5.74, 6) is 0.240. The number of hydrazone groups is 1. The molecule has 4 aromatic rings. The first-order chi connectivity index (χ1) is 14.6. The van der Waals surface area contributed by atoms with Crippen LogP contribution in [-0.2, 0) is 0 Å². The van der Waals surface area contributed by atoms with E-state index in [1.807, 2.05) is 37.3 Å². The lowest BCUT2D eigenvalue weighted by Gasteiger charge is -2.10. The number of rotatable bonds is 6. The Morgan fingerprint density at radius 3 is 2.20 bits per heavy atom. The van der Waals surface area contributed by atoms with Gasteiger partial charge in [0.15, 0.2) is 0 Å². The minimum atomic E-state index is -0.347. The molecule has 5 nitrogen and oxygen atoms in total. The Labute approximate surface area is 172 Å². The highest BCUT2D eigenvalue weighted by Gasteiger charge is 2.18. The number of hydrogen-bond donors (Lipinski definition) is 1. The number of aryl methyl sites for hydroxylation is 1. The third-order valence-corrected chi connectivity index (χ3v) is 4.32. The molecule has 1 N–H and O–H groups in total. The van der Waals surface area contributed by atoms with Crippen LogP contribution in [0.3, 0.4) is 0 Å². The van der Waals surface area contributed by atoms with E-state index >= 15 is 0 Å². The molecule has 3 aromatic carbocycles. The van der Waals surface area contributed by atoms with Crippen LogP contribution in [0.4, 0.5) is 14.5 Å². The number of aromatic nitrogens is 2.